The van der Waals surface area contributed by atoms with Crippen molar-refractivity contribution in [3.63, 3.8) is 0 Å². The fourth-order valence-electron chi connectivity index (χ4n) is 3.42. The van der Waals surface area contributed by atoms with Gasteiger partial charge in [-0.15, -0.1) is 0 Å². The fraction of sp³-hybridized carbons (Fsp3) is 0.375. The number of hydrogen-bond donors (Lipinski definition) is 4. The van der Waals surface area contributed by atoms with Crippen LogP contribution >= 0.6 is 11.6 Å². The minimum absolute atomic E-state index is 0.0245. The Balaban J connectivity index is 1.85. The molecule has 37 heavy (non-hydrogen) atoms. The van der Waals surface area contributed by atoms with Crippen molar-refractivity contribution >= 4 is 40.9 Å². The topological polar surface area (TPSA) is 149 Å². The molecule has 198 valence electrons. The summed E-state index contributed by atoms with van der Waals surface area (Å²) in [4.78, 5) is 32.7. The van der Waals surface area contributed by atoms with Gasteiger partial charge in [0.1, 0.15) is 11.4 Å². The minimum atomic E-state index is -0.865. The number of pyridine rings is 2. The summed E-state index contributed by atoms with van der Waals surface area (Å²) in [7, 11) is 0. The van der Waals surface area contributed by atoms with Crippen LogP contribution in [-0.4, -0.2) is 49.4 Å². The summed E-state index contributed by atoms with van der Waals surface area (Å²) in [6, 6.07) is 1.86. The predicted octanol–water partition coefficient (Wildman–Crippen LogP) is 4.40. The van der Waals surface area contributed by atoms with Gasteiger partial charge in [-0.1, -0.05) is 18.5 Å². The standard InChI is InChI=1S/C24H30ClFN8O3/c1-6-19(13(2)30-23(36)37-24(3,4)5)32-22-18(26)8-17(20(27)35)21(33-22)31-15-7-16(11-28-10-15)34-12-14(25)9-29-34/h7-13,19H,6H2,1-5H3,(H2,27,35)(H,30,36)(H2,31,32,33)/t13-,19+/m0/s1. The SMILES string of the molecule is CC[C@@H](Nc1nc(Nc2cncc(-n3cc(Cl)cn3)c2)c(C(N)=O)cc1F)[C@H](C)NC(=O)OC(C)(C)C. The molecule has 0 fully saturated rings. The Morgan fingerprint density at radius 2 is 1.95 bits per heavy atom. The third kappa shape index (κ3) is 7.53. The highest BCUT2D eigenvalue weighted by atomic mass is 35.5. The Labute approximate surface area is 219 Å². The van der Waals surface area contributed by atoms with Crippen LogP contribution in [0.4, 0.5) is 26.5 Å². The molecule has 0 unspecified atom stereocenters. The number of halogens is 2. The van der Waals surface area contributed by atoms with Crippen molar-refractivity contribution in [2.75, 3.05) is 10.6 Å². The van der Waals surface area contributed by atoms with Crippen LogP contribution in [-0.2, 0) is 4.74 Å². The molecular formula is C24H30ClFN8O3. The molecule has 3 aromatic heterocycles. The van der Waals surface area contributed by atoms with Crippen LogP contribution < -0.4 is 21.7 Å². The molecule has 0 aliphatic carbocycles. The number of primary amides is 1. The molecule has 0 spiro atoms. The highest BCUT2D eigenvalue weighted by Crippen LogP contribution is 2.25. The van der Waals surface area contributed by atoms with Gasteiger partial charge >= 0.3 is 6.09 Å². The molecule has 3 aromatic rings. The Morgan fingerprint density at radius 1 is 1.22 bits per heavy atom. The van der Waals surface area contributed by atoms with Crippen LogP contribution in [0.25, 0.3) is 5.69 Å². The van der Waals surface area contributed by atoms with E-state index >= 15 is 0 Å². The average Bonchev–Trinajstić information content (AvgIpc) is 3.24. The number of carbonyl (C=O) groups is 2. The summed E-state index contributed by atoms with van der Waals surface area (Å²) in [6.45, 7) is 8.92. The predicted molar refractivity (Wildman–Crippen MR) is 139 cm³/mol. The van der Waals surface area contributed by atoms with Crippen molar-refractivity contribution in [3.8, 4) is 5.69 Å². The van der Waals surface area contributed by atoms with Crippen LogP contribution in [0.15, 0.2) is 36.9 Å². The zero-order valence-electron chi connectivity index (χ0n) is 21.2. The van der Waals surface area contributed by atoms with Crippen LogP contribution in [0.5, 0.6) is 0 Å². The monoisotopic (exact) mass is 532 g/mol. The Morgan fingerprint density at radius 3 is 2.54 bits per heavy atom. The van der Waals surface area contributed by atoms with Crippen molar-refractivity contribution in [1.82, 2.24) is 25.1 Å². The van der Waals surface area contributed by atoms with Gasteiger partial charge in [-0.05, 0) is 46.2 Å². The molecule has 0 saturated carbocycles. The Hall–Kier alpha value is -3.93. The zero-order chi connectivity index (χ0) is 27.3. The summed E-state index contributed by atoms with van der Waals surface area (Å²) < 4.78 is 21.8. The number of rotatable bonds is 9. The van der Waals surface area contributed by atoms with Crippen LogP contribution in [0.1, 0.15) is 51.4 Å². The molecule has 5 N–H and O–H groups in total. The van der Waals surface area contributed by atoms with Gasteiger partial charge in [0.2, 0.25) is 0 Å². The van der Waals surface area contributed by atoms with Crippen LogP contribution in [0, 0.1) is 5.82 Å². The first kappa shape index (κ1) is 27.7. The van der Waals surface area contributed by atoms with E-state index in [4.69, 9.17) is 22.1 Å². The number of ether oxygens (including phenoxy) is 1. The summed E-state index contributed by atoms with van der Waals surface area (Å²) in [5.41, 5.74) is 5.71. The van der Waals surface area contributed by atoms with Crippen LogP contribution in [0.3, 0.4) is 0 Å². The van der Waals surface area contributed by atoms with Gasteiger partial charge in [-0.2, -0.15) is 5.10 Å². The zero-order valence-corrected chi connectivity index (χ0v) is 21.9. The van der Waals surface area contributed by atoms with Crippen molar-refractivity contribution in [1.29, 1.82) is 0 Å². The number of aromatic nitrogens is 4. The van der Waals surface area contributed by atoms with Crippen molar-refractivity contribution in [2.45, 2.75) is 58.7 Å². The van der Waals surface area contributed by atoms with Crippen LogP contribution in [0.2, 0.25) is 5.02 Å². The van der Waals surface area contributed by atoms with Gasteiger partial charge < -0.3 is 26.4 Å². The Kier molecular flexibility index (Phi) is 8.53. The second-order valence-electron chi connectivity index (χ2n) is 9.33. The second kappa shape index (κ2) is 11.4. The molecular weight excluding hydrogens is 503 g/mol. The van der Waals surface area contributed by atoms with Gasteiger partial charge in [0.25, 0.3) is 5.91 Å². The number of nitrogens with zero attached hydrogens (tertiary/aromatic N) is 4. The summed E-state index contributed by atoms with van der Waals surface area (Å²) in [5.74, 6) is -1.74. The maximum Gasteiger partial charge on any atom is 0.407 e. The molecule has 0 radical (unpaired) electrons. The lowest BCUT2D eigenvalue weighted by Crippen LogP contribution is -2.46. The average molecular weight is 533 g/mol. The number of amides is 2. The molecule has 0 saturated heterocycles. The van der Waals surface area contributed by atoms with E-state index in [2.05, 4.69) is 31.0 Å². The van der Waals surface area contributed by atoms with E-state index in [1.807, 2.05) is 6.92 Å². The number of carbonyl (C=O) groups excluding carboxylic acids is 2. The number of hydrogen-bond acceptors (Lipinski definition) is 8. The second-order valence-corrected chi connectivity index (χ2v) is 9.77. The lowest BCUT2D eigenvalue weighted by molar-refractivity contribution is 0.0503. The summed E-state index contributed by atoms with van der Waals surface area (Å²) >= 11 is 5.95. The summed E-state index contributed by atoms with van der Waals surface area (Å²) in [6.07, 6.45) is 6.09. The first-order valence-electron chi connectivity index (χ1n) is 11.5. The largest absolute Gasteiger partial charge is 0.444 e. The minimum Gasteiger partial charge on any atom is -0.444 e. The highest BCUT2D eigenvalue weighted by Gasteiger charge is 2.24. The van der Waals surface area contributed by atoms with Crippen molar-refractivity contribution in [3.05, 3.63) is 53.3 Å². The normalized spacial score (nSPS) is 12.9. The molecule has 3 heterocycles. The first-order chi connectivity index (χ1) is 17.4. The number of alkyl carbamates (subject to hydrolysis) is 1. The molecule has 0 aromatic carbocycles. The molecule has 3 rings (SSSR count). The third-order valence-corrected chi connectivity index (χ3v) is 5.35. The van der Waals surface area contributed by atoms with E-state index in [9.17, 15) is 14.0 Å². The van der Waals surface area contributed by atoms with Gasteiger partial charge in [-0.25, -0.2) is 18.9 Å². The van der Waals surface area contributed by atoms with Gasteiger partial charge in [0, 0.05) is 18.3 Å². The van der Waals surface area contributed by atoms with E-state index < -0.39 is 35.5 Å². The summed E-state index contributed by atoms with van der Waals surface area (Å²) in [5, 5.41) is 13.3. The number of anilines is 3. The Bertz CT molecular complexity index is 1280. The number of nitrogens with one attached hydrogen (secondary N) is 3. The molecule has 0 aliphatic heterocycles. The van der Waals surface area contributed by atoms with Crippen molar-refractivity contribution in [2.24, 2.45) is 5.73 Å². The van der Waals surface area contributed by atoms with E-state index in [-0.39, 0.29) is 17.2 Å². The lowest BCUT2D eigenvalue weighted by Gasteiger charge is -2.27. The van der Waals surface area contributed by atoms with E-state index in [1.165, 1.54) is 17.1 Å². The van der Waals surface area contributed by atoms with E-state index in [0.29, 0.717) is 22.8 Å². The maximum absolute atomic E-state index is 15.0. The first-order valence-corrected chi connectivity index (χ1v) is 11.9. The van der Waals surface area contributed by atoms with Crippen molar-refractivity contribution < 1.29 is 18.7 Å². The third-order valence-electron chi connectivity index (χ3n) is 5.15. The molecule has 0 aliphatic rings. The molecule has 11 nitrogen and oxygen atoms in total. The quantitative estimate of drug-likeness (QED) is 0.317. The molecule has 0 bridgehead atoms. The molecule has 2 amide bonds. The van der Waals surface area contributed by atoms with E-state index in [0.717, 1.165) is 6.07 Å². The van der Waals surface area contributed by atoms with Gasteiger partial charge in [0.05, 0.1) is 40.6 Å². The van der Waals surface area contributed by atoms with E-state index in [1.54, 1.807) is 46.2 Å². The smallest absolute Gasteiger partial charge is 0.407 e. The number of nitrogens with two attached hydrogens (primary N) is 1. The fourth-order valence-corrected chi connectivity index (χ4v) is 3.56. The maximum atomic E-state index is 15.0. The molecule has 13 heteroatoms. The van der Waals surface area contributed by atoms with Gasteiger partial charge in [0.15, 0.2) is 11.6 Å². The highest BCUT2D eigenvalue weighted by molar-refractivity contribution is 6.30. The molecule has 2 atom stereocenters. The lowest BCUT2D eigenvalue weighted by atomic mass is 10.1. The van der Waals surface area contributed by atoms with Gasteiger partial charge in [-0.3, -0.25) is 9.78 Å².